The number of hydrogen-bond donors (Lipinski definition) is 1. The maximum absolute atomic E-state index is 13.7. The lowest BCUT2D eigenvalue weighted by molar-refractivity contribution is 0.0906. The van der Waals surface area contributed by atoms with Gasteiger partial charge in [0.15, 0.2) is 17.3 Å². The highest BCUT2D eigenvalue weighted by atomic mass is 16.7. The maximum Gasteiger partial charge on any atom is 0.253 e. The Bertz CT molecular complexity index is 1600. The van der Waals surface area contributed by atoms with E-state index in [9.17, 15) is 4.79 Å². The number of nitrogens with one attached hydrogen (secondary N) is 1. The fourth-order valence-corrected chi connectivity index (χ4v) is 6.11. The Morgan fingerprint density at radius 1 is 1.05 bits per heavy atom. The molecule has 2 fully saturated rings. The number of ether oxygens (including phenoxy) is 3. The second-order valence-corrected chi connectivity index (χ2v) is 10.9. The van der Waals surface area contributed by atoms with Crippen molar-refractivity contribution in [1.29, 1.82) is 0 Å². The molecule has 2 saturated heterocycles. The summed E-state index contributed by atoms with van der Waals surface area (Å²) < 4.78 is 18.8. The standard InChI is InChI=1S/C29H33N7O4/c1-18-5-6-19(2)24(12-18)34-7-9-35(10-8-34)27(28-31-32-33-36(28)16-21-4-3-11-38-21)22-13-20-14-25-26(40-17-39-25)15-23(20)30-29(22)37/h5-6,12-15,21,27H,3-4,7-11,16-17H2,1-2H3,(H,30,37)/t21-,27+/m0/s1. The first kappa shape index (κ1) is 25.0. The minimum Gasteiger partial charge on any atom is -0.454 e. The molecule has 0 spiro atoms. The minimum atomic E-state index is -0.421. The second-order valence-electron chi connectivity index (χ2n) is 10.9. The van der Waals surface area contributed by atoms with Gasteiger partial charge < -0.3 is 24.1 Å². The molecule has 2 aromatic carbocycles. The van der Waals surface area contributed by atoms with Crippen LogP contribution in [0.25, 0.3) is 10.9 Å². The quantitative estimate of drug-likeness (QED) is 0.392. The number of aromatic amines is 1. The van der Waals surface area contributed by atoms with E-state index in [1.807, 2.05) is 22.9 Å². The van der Waals surface area contributed by atoms with Crippen LogP contribution in [0.2, 0.25) is 0 Å². The topological polar surface area (TPSA) is 111 Å². The SMILES string of the molecule is Cc1ccc(C)c(N2CCN([C@H](c3cc4cc5c(cc4[nH]c3=O)OCO5)c3nnnn3C[C@@H]3CCCO3)CC2)c1. The molecule has 40 heavy (non-hydrogen) atoms. The number of benzene rings is 2. The molecule has 0 bridgehead atoms. The fourth-order valence-electron chi connectivity index (χ4n) is 6.11. The van der Waals surface area contributed by atoms with Gasteiger partial charge in [0.05, 0.1) is 18.2 Å². The van der Waals surface area contributed by atoms with Gasteiger partial charge in [-0.1, -0.05) is 12.1 Å². The number of anilines is 1. The molecular formula is C29H33N7O4. The smallest absolute Gasteiger partial charge is 0.253 e. The van der Waals surface area contributed by atoms with Crippen molar-refractivity contribution in [2.75, 3.05) is 44.5 Å². The number of aryl methyl sites for hydroxylation is 2. The van der Waals surface area contributed by atoms with Crippen LogP contribution >= 0.6 is 0 Å². The van der Waals surface area contributed by atoms with Gasteiger partial charge in [0.1, 0.15) is 6.04 Å². The molecule has 0 aliphatic carbocycles. The van der Waals surface area contributed by atoms with Crippen molar-refractivity contribution in [3.05, 3.63) is 69.3 Å². The van der Waals surface area contributed by atoms with Crippen LogP contribution in [-0.4, -0.2) is 75.8 Å². The molecule has 2 aromatic heterocycles. The minimum absolute atomic E-state index is 0.0682. The zero-order valence-electron chi connectivity index (χ0n) is 22.8. The third-order valence-corrected chi connectivity index (χ3v) is 8.25. The average molecular weight is 544 g/mol. The summed E-state index contributed by atoms with van der Waals surface area (Å²) in [5.41, 5.74) is 4.92. The maximum atomic E-state index is 13.7. The predicted octanol–water partition coefficient (Wildman–Crippen LogP) is 2.95. The highest BCUT2D eigenvalue weighted by molar-refractivity contribution is 5.83. The molecule has 4 aromatic rings. The van der Waals surface area contributed by atoms with Crippen LogP contribution in [-0.2, 0) is 11.3 Å². The van der Waals surface area contributed by atoms with Crippen LogP contribution < -0.4 is 19.9 Å². The Hall–Kier alpha value is -3.96. The van der Waals surface area contributed by atoms with Gasteiger partial charge >= 0.3 is 0 Å². The molecule has 5 heterocycles. The third kappa shape index (κ3) is 4.58. The largest absolute Gasteiger partial charge is 0.454 e. The van der Waals surface area contributed by atoms with Gasteiger partial charge in [0.25, 0.3) is 5.56 Å². The molecule has 0 amide bonds. The molecule has 11 nitrogen and oxygen atoms in total. The van der Waals surface area contributed by atoms with E-state index in [1.54, 1.807) is 0 Å². The summed E-state index contributed by atoms with van der Waals surface area (Å²) in [5.74, 6) is 1.96. The summed E-state index contributed by atoms with van der Waals surface area (Å²) in [6.07, 6.45) is 2.08. The summed E-state index contributed by atoms with van der Waals surface area (Å²) >= 11 is 0. The summed E-state index contributed by atoms with van der Waals surface area (Å²) in [7, 11) is 0. The number of tetrazole rings is 1. The highest BCUT2D eigenvalue weighted by Gasteiger charge is 2.34. The van der Waals surface area contributed by atoms with Crippen LogP contribution in [0.3, 0.4) is 0 Å². The molecule has 0 saturated carbocycles. The lowest BCUT2D eigenvalue weighted by Crippen LogP contribution is -2.49. The first-order chi connectivity index (χ1) is 19.5. The molecule has 11 heteroatoms. The van der Waals surface area contributed by atoms with E-state index < -0.39 is 6.04 Å². The van der Waals surface area contributed by atoms with E-state index in [0.717, 1.165) is 51.0 Å². The van der Waals surface area contributed by atoms with Crippen molar-refractivity contribution in [3.63, 3.8) is 0 Å². The second kappa shape index (κ2) is 10.2. The third-order valence-electron chi connectivity index (χ3n) is 8.25. The molecule has 7 rings (SSSR count). The van der Waals surface area contributed by atoms with Gasteiger partial charge in [-0.3, -0.25) is 9.69 Å². The zero-order valence-corrected chi connectivity index (χ0v) is 22.8. The molecule has 0 radical (unpaired) electrons. The van der Waals surface area contributed by atoms with E-state index in [2.05, 4.69) is 62.4 Å². The normalized spacial score (nSPS) is 19.9. The predicted molar refractivity (Wildman–Crippen MR) is 149 cm³/mol. The van der Waals surface area contributed by atoms with Gasteiger partial charge in [-0.05, 0) is 66.4 Å². The van der Waals surface area contributed by atoms with E-state index in [-0.39, 0.29) is 18.5 Å². The van der Waals surface area contributed by atoms with E-state index in [1.165, 1.54) is 16.8 Å². The molecule has 208 valence electrons. The number of pyridine rings is 1. The zero-order chi connectivity index (χ0) is 27.2. The van der Waals surface area contributed by atoms with Crippen LogP contribution in [0.1, 0.15) is 41.4 Å². The van der Waals surface area contributed by atoms with Crippen molar-refractivity contribution in [2.24, 2.45) is 0 Å². The van der Waals surface area contributed by atoms with Gasteiger partial charge in [-0.25, -0.2) is 4.68 Å². The van der Waals surface area contributed by atoms with Gasteiger partial charge in [-0.2, -0.15) is 0 Å². The molecular weight excluding hydrogens is 510 g/mol. The average Bonchev–Trinajstić information content (AvgIpc) is 3.73. The van der Waals surface area contributed by atoms with Gasteiger partial charge in [0.2, 0.25) is 6.79 Å². The van der Waals surface area contributed by atoms with Crippen molar-refractivity contribution in [3.8, 4) is 11.5 Å². The molecule has 2 atom stereocenters. The summed E-state index contributed by atoms with van der Waals surface area (Å²) in [4.78, 5) is 21.5. The number of nitrogens with zero attached hydrogens (tertiary/aromatic N) is 6. The van der Waals surface area contributed by atoms with E-state index >= 15 is 0 Å². The number of H-pyrrole nitrogens is 1. The number of piperazine rings is 1. The highest BCUT2D eigenvalue weighted by Crippen LogP contribution is 2.37. The Morgan fingerprint density at radius 3 is 2.67 bits per heavy atom. The monoisotopic (exact) mass is 543 g/mol. The Labute approximate surface area is 231 Å². The summed E-state index contributed by atoms with van der Waals surface area (Å²) in [6, 6.07) is 11.9. The lowest BCUT2D eigenvalue weighted by Gasteiger charge is -2.40. The summed E-state index contributed by atoms with van der Waals surface area (Å²) in [5, 5.41) is 13.7. The first-order valence-corrected chi connectivity index (χ1v) is 13.9. The van der Waals surface area contributed by atoms with Crippen LogP contribution in [0.5, 0.6) is 11.5 Å². The first-order valence-electron chi connectivity index (χ1n) is 13.9. The number of hydrogen-bond acceptors (Lipinski definition) is 9. The van der Waals surface area contributed by atoms with Crippen LogP contribution in [0.15, 0.2) is 41.2 Å². The molecule has 3 aliphatic heterocycles. The van der Waals surface area contributed by atoms with Crippen molar-refractivity contribution in [1.82, 2.24) is 30.1 Å². The summed E-state index contributed by atoms with van der Waals surface area (Å²) in [6.45, 7) is 8.94. The van der Waals surface area contributed by atoms with Crippen LogP contribution in [0, 0.1) is 13.8 Å². The molecule has 1 N–H and O–H groups in total. The molecule has 3 aliphatic rings. The van der Waals surface area contributed by atoms with Crippen molar-refractivity contribution < 1.29 is 14.2 Å². The molecule has 0 unspecified atom stereocenters. The van der Waals surface area contributed by atoms with Gasteiger partial charge in [0, 0.05) is 55.5 Å². The van der Waals surface area contributed by atoms with Gasteiger partial charge in [-0.15, -0.1) is 5.10 Å². The van der Waals surface area contributed by atoms with Crippen LogP contribution in [0.4, 0.5) is 5.69 Å². The number of aromatic nitrogens is 5. The van der Waals surface area contributed by atoms with E-state index in [0.29, 0.717) is 34.9 Å². The number of rotatable bonds is 6. The lowest BCUT2D eigenvalue weighted by atomic mass is 10.0. The van der Waals surface area contributed by atoms with E-state index in [4.69, 9.17) is 14.2 Å². The Kier molecular flexibility index (Phi) is 6.39. The Balaban J connectivity index is 1.26. The fraction of sp³-hybridized carbons (Fsp3) is 0.448. The number of fused-ring (bicyclic) bond motifs is 2. The van der Waals surface area contributed by atoms with Crippen molar-refractivity contribution in [2.45, 2.75) is 45.4 Å². The van der Waals surface area contributed by atoms with Crippen molar-refractivity contribution >= 4 is 16.6 Å². The Morgan fingerprint density at radius 2 is 1.88 bits per heavy atom.